The maximum Gasteiger partial charge on any atom is 0.0931 e. The minimum atomic E-state index is 0.243. The van der Waals surface area contributed by atoms with Crippen LogP contribution < -0.4 is 5.73 Å². The van der Waals surface area contributed by atoms with Crippen LogP contribution in [0.3, 0.4) is 0 Å². The molecule has 0 aromatic carbocycles. The first kappa shape index (κ1) is 12.0. The molecule has 0 fully saturated rings. The minimum absolute atomic E-state index is 0.243. The summed E-state index contributed by atoms with van der Waals surface area (Å²) < 4.78 is 0.847. The van der Waals surface area contributed by atoms with Crippen molar-refractivity contribution in [1.29, 1.82) is 0 Å². The number of halogens is 1. The van der Waals surface area contributed by atoms with Crippen LogP contribution in [-0.4, -0.2) is 31.6 Å². The van der Waals surface area contributed by atoms with Gasteiger partial charge in [0.25, 0.3) is 0 Å². The Kier molecular flexibility index (Phi) is 4.89. The molecule has 2 N–H and O–H groups in total. The number of thiophene rings is 1. The fourth-order valence-electron chi connectivity index (χ4n) is 1.25. The molecule has 0 saturated carbocycles. The zero-order valence-corrected chi connectivity index (χ0v) is 10.2. The van der Waals surface area contributed by atoms with Crippen molar-refractivity contribution < 1.29 is 0 Å². The summed E-state index contributed by atoms with van der Waals surface area (Å²) in [5, 5.41) is 0. The Morgan fingerprint density at radius 2 is 2.21 bits per heavy atom. The molecular formula is C10H17ClN2S. The van der Waals surface area contributed by atoms with E-state index in [1.807, 2.05) is 6.07 Å². The van der Waals surface area contributed by atoms with Crippen molar-refractivity contribution in [1.82, 2.24) is 4.90 Å². The van der Waals surface area contributed by atoms with E-state index < -0.39 is 0 Å². The van der Waals surface area contributed by atoms with Crippen LogP contribution in [0.15, 0.2) is 12.1 Å². The molecule has 4 heteroatoms. The van der Waals surface area contributed by atoms with E-state index >= 15 is 0 Å². The van der Waals surface area contributed by atoms with Crippen molar-refractivity contribution in [2.75, 3.05) is 20.6 Å². The summed E-state index contributed by atoms with van der Waals surface area (Å²) in [4.78, 5) is 3.43. The van der Waals surface area contributed by atoms with E-state index in [-0.39, 0.29) is 6.04 Å². The van der Waals surface area contributed by atoms with Gasteiger partial charge in [0.1, 0.15) is 0 Å². The number of hydrogen-bond acceptors (Lipinski definition) is 3. The van der Waals surface area contributed by atoms with Gasteiger partial charge in [0, 0.05) is 10.9 Å². The Hall–Kier alpha value is -0.0900. The van der Waals surface area contributed by atoms with Gasteiger partial charge in [-0.1, -0.05) is 11.6 Å². The molecule has 0 radical (unpaired) electrons. The average Bonchev–Trinajstić information content (AvgIpc) is 2.48. The Bertz CT molecular complexity index is 273. The summed E-state index contributed by atoms with van der Waals surface area (Å²) in [6, 6.07) is 4.23. The Labute approximate surface area is 94.7 Å². The van der Waals surface area contributed by atoms with Gasteiger partial charge in [-0.2, -0.15) is 0 Å². The van der Waals surface area contributed by atoms with Crippen LogP contribution in [0.2, 0.25) is 4.34 Å². The molecule has 1 aromatic heterocycles. The van der Waals surface area contributed by atoms with E-state index in [4.69, 9.17) is 17.3 Å². The third-order valence-corrected chi connectivity index (χ3v) is 3.29. The summed E-state index contributed by atoms with van der Waals surface area (Å²) in [5.74, 6) is 0. The molecule has 0 aliphatic heterocycles. The van der Waals surface area contributed by atoms with Crippen molar-refractivity contribution in [2.24, 2.45) is 5.73 Å². The second kappa shape index (κ2) is 5.71. The van der Waals surface area contributed by atoms with Crippen molar-refractivity contribution in [2.45, 2.75) is 18.9 Å². The SMILES string of the molecule is CN(C)CCC(N)Cc1ccc(Cl)s1. The topological polar surface area (TPSA) is 29.3 Å². The Morgan fingerprint density at radius 1 is 1.50 bits per heavy atom. The van der Waals surface area contributed by atoms with Crippen LogP contribution in [0.25, 0.3) is 0 Å². The molecule has 1 atom stereocenters. The highest BCUT2D eigenvalue weighted by molar-refractivity contribution is 7.16. The second-order valence-electron chi connectivity index (χ2n) is 3.76. The normalized spacial score (nSPS) is 13.5. The minimum Gasteiger partial charge on any atom is -0.327 e. The molecule has 0 aliphatic rings. The van der Waals surface area contributed by atoms with Gasteiger partial charge in [-0.25, -0.2) is 0 Å². The van der Waals surface area contributed by atoms with Crippen molar-refractivity contribution >= 4 is 22.9 Å². The summed E-state index contributed by atoms with van der Waals surface area (Å²) in [6.45, 7) is 1.04. The molecule has 0 spiro atoms. The summed E-state index contributed by atoms with van der Waals surface area (Å²) in [6.07, 6.45) is 1.97. The highest BCUT2D eigenvalue weighted by Gasteiger charge is 2.06. The Balaban J connectivity index is 2.30. The summed E-state index contributed by atoms with van der Waals surface area (Å²) in [5.41, 5.74) is 6.00. The molecule has 1 unspecified atom stereocenters. The monoisotopic (exact) mass is 232 g/mol. The first-order valence-corrected chi connectivity index (χ1v) is 5.92. The molecule has 80 valence electrons. The van der Waals surface area contributed by atoms with Gasteiger partial charge in [0.2, 0.25) is 0 Å². The van der Waals surface area contributed by atoms with Crippen molar-refractivity contribution in [3.63, 3.8) is 0 Å². The summed E-state index contributed by atoms with van der Waals surface area (Å²) in [7, 11) is 4.13. The molecule has 2 nitrogen and oxygen atoms in total. The van der Waals surface area contributed by atoms with E-state index in [9.17, 15) is 0 Å². The van der Waals surface area contributed by atoms with Gasteiger partial charge in [-0.15, -0.1) is 11.3 Å². The molecule has 14 heavy (non-hydrogen) atoms. The lowest BCUT2D eigenvalue weighted by Gasteiger charge is -2.14. The van der Waals surface area contributed by atoms with Gasteiger partial charge in [0.15, 0.2) is 0 Å². The van der Waals surface area contributed by atoms with Crippen LogP contribution in [0.5, 0.6) is 0 Å². The van der Waals surface area contributed by atoms with Crippen LogP contribution in [0, 0.1) is 0 Å². The second-order valence-corrected chi connectivity index (χ2v) is 5.56. The smallest absolute Gasteiger partial charge is 0.0931 e. The number of rotatable bonds is 5. The molecule has 1 aromatic rings. The highest BCUT2D eigenvalue weighted by Crippen LogP contribution is 2.22. The molecule has 0 bridgehead atoms. The number of hydrogen-bond donors (Lipinski definition) is 1. The molecule has 0 amide bonds. The molecule has 1 rings (SSSR count). The van der Waals surface area contributed by atoms with Crippen LogP contribution in [0.1, 0.15) is 11.3 Å². The number of nitrogens with two attached hydrogens (primary N) is 1. The molecule has 1 heterocycles. The zero-order valence-electron chi connectivity index (χ0n) is 8.66. The quantitative estimate of drug-likeness (QED) is 0.844. The zero-order chi connectivity index (χ0) is 10.6. The van der Waals surface area contributed by atoms with Gasteiger partial charge >= 0.3 is 0 Å². The predicted molar refractivity (Wildman–Crippen MR) is 64.2 cm³/mol. The van der Waals surface area contributed by atoms with Crippen molar-refractivity contribution in [3.8, 4) is 0 Å². The van der Waals surface area contributed by atoms with Gasteiger partial charge in [0.05, 0.1) is 4.34 Å². The highest BCUT2D eigenvalue weighted by atomic mass is 35.5. The average molecular weight is 233 g/mol. The molecule has 0 saturated heterocycles. The third-order valence-electron chi connectivity index (χ3n) is 2.04. The van der Waals surface area contributed by atoms with Crippen LogP contribution in [0.4, 0.5) is 0 Å². The van der Waals surface area contributed by atoms with E-state index in [1.54, 1.807) is 11.3 Å². The van der Waals surface area contributed by atoms with Gasteiger partial charge < -0.3 is 10.6 Å². The predicted octanol–water partition coefficient (Wildman–Crippen LogP) is 2.22. The van der Waals surface area contributed by atoms with E-state index in [1.165, 1.54) is 4.88 Å². The van der Waals surface area contributed by atoms with Crippen LogP contribution >= 0.6 is 22.9 Å². The van der Waals surface area contributed by atoms with Gasteiger partial charge in [-0.05, 0) is 45.6 Å². The number of nitrogens with zero attached hydrogens (tertiary/aromatic N) is 1. The van der Waals surface area contributed by atoms with Gasteiger partial charge in [-0.3, -0.25) is 0 Å². The first-order valence-electron chi connectivity index (χ1n) is 4.72. The largest absolute Gasteiger partial charge is 0.327 e. The third kappa shape index (κ3) is 4.42. The molecular weight excluding hydrogens is 216 g/mol. The lowest BCUT2D eigenvalue weighted by Crippen LogP contribution is -2.27. The standard InChI is InChI=1S/C10H17ClN2S/c1-13(2)6-5-8(12)7-9-3-4-10(11)14-9/h3-4,8H,5-7,12H2,1-2H3. The maximum atomic E-state index is 6.00. The van der Waals surface area contributed by atoms with Crippen molar-refractivity contribution in [3.05, 3.63) is 21.3 Å². The molecule has 0 aliphatic carbocycles. The van der Waals surface area contributed by atoms with E-state index in [0.29, 0.717) is 0 Å². The van der Waals surface area contributed by atoms with Crippen LogP contribution in [-0.2, 0) is 6.42 Å². The fourth-order valence-corrected chi connectivity index (χ4v) is 2.43. The van der Waals surface area contributed by atoms with E-state index in [2.05, 4.69) is 25.1 Å². The summed E-state index contributed by atoms with van der Waals surface area (Å²) >= 11 is 7.46. The lowest BCUT2D eigenvalue weighted by molar-refractivity contribution is 0.380. The lowest BCUT2D eigenvalue weighted by atomic mass is 10.1. The maximum absolute atomic E-state index is 6.00. The van der Waals surface area contributed by atoms with E-state index in [0.717, 1.165) is 23.7 Å². The fraction of sp³-hybridized carbons (Fsp3) is 0.600. The first-order chi connectivity index (χ1) is 6.58. The Morgan fingerprint density at radius 3 is 2.71 bits per heavy atom.